The number of hydrogen-bond acceptors (Lipinski definition) is 6. The number of nitrogens with one attached hydrogen (secondary N) is 3. The maximum atomic E-state index is 15.0. The molecular weight excluding hydrogens is 530 g/mol. The summed E-state index contributed by atoms with van der Waals surface area (Å²) in [6, 6.07) is 2.23. The second-order valence-electron chi connectivity index (χ2n) is 10.1. The highest BCUT2D eigenvalue weighted by molar-refractivity contribution is 5.97. The summed E-state index contributed by atoms with van der Waals surface area (Å²) in [5.41, 5.74) is 6.61. The predicted molar refractivity (Wildman–Crippen MR) is 144 cm³/mol. The number of allylic oxidation sites excluding steroid dienone is 2. The molecule has 8 nitrogen and oxygen atoms in total. The van der Waals surface area contributed by atoms with E-state index in [2.05, 4.69) is 15.6 Å². The first-order chi connectivity index (χ1) is 18.6. The Kier molecular flexibility index (Phi) is 9.23. The molecule has 0 spiro atoms. The number of alkyl halides is 3. The third-order valence-electron chi connectivity index (χ3n) is 5.59. The fourth-order valence-corrected chi connectivity index (χ4v) is 3.66. The van der Waals surface area contributed by atoms with E-state index in [0.29, 0.717) is 11.1 Å². The number of amides is 2. The van der Waals surface area contributed by atoms with Crippen molar-refractivity contribution in [3.8, 4) is 5.75 Å². The molecular formula is C28H31F4N5O3. The molecule has 1 atom stereocenters. The molecule has 214 valence electrons. The van der Waals surface area contributed by atoms with Gasteiger partial charge in [0.1, 0.15) is 23.9 Å². The molecule has 1 aromatic rings. The maximum absolute atomic E-state index is 15.0. The molecule has 0 radical (unpaired) electrons. The molecule has 40 heavy (non-hydrogen) atoms. The third-order valence-corrected chi connectivity index (χ3v) is 5.59. The van der Waals surface area contributed by atoms with Gasteiger partial charge in [-0.2, -0.15) is 13.2 Å². The number of ether oxygens (including phenoxy) is 1. The third kappa shape index (κ3) is 8.58. The Labute approximate surface area is 229 Å². The zero-order valence-corrected chi connectivity index (χ0v) is 22.4. The van der Waals surface area contributed by atoms with Crippen LogP contribution in [-0.4, -0.2) is 42.3 Å². The summed E-state index contributed by atoms with van der Waals surface area (Å²) >= 11 is 0. The Hall–Kier alpha value is -4.35. The van der Waals surface area contributed by atoms with Crippen molar-refractivity contribution >= 4 is 18.0 Å². The van der Waals surface area contributed by atoms with Crippen molar-refractivity contribution in [3.63, 3.8) is 0 Å². The monoisotopic (exact) mass is 561 g/mol. The van der Waals surface area contributed by atoms with Gasteiger partial charge >= 0.3 is 6.18 Å². The summed E-state index contributed by atoms with van der Waals surface area (Å²) in [6.45, 7) is 5.86. The Morgan fingerprint density at radius 1 is 1.20 bits per heavy atom. The number of hydrogen-bond donors (Lipinski definition) is 4. The zero-order valence-electron chi connectivity index (χ0n) is 22.4. The van der Waals surface area contributed by atoms with E-state index in [1.165, 1.54) is 30.6 Å². The van der Waals surface area contributed by atoms with E-state index in [0.717, 1.165) is 6.07 Å². The summed E-state index contributed by atoms with van der Waals surface area (Å²) in [5.74, 6) is -1.62. The highest BCUT2D eigenvalue weighted by atomic mass is 19.4. The number of dihydropyridines is 1. The summed E-state index contributed by atoms with van der Waals surface area (Å²) in [7, 11) is 0. The van der Waals surface area contributed by atoms with Crippen LogP contribution in [0.1, 0.15) is 31.9 Å². The Morgan fingerprint density at radius 2 is 1.93 bits per heavy atom. The van der Waals surface area contributed by atoms with Crippen molar-refractivity contribution in [2.45, 2.75) is 51.9 Å². The molecule has 0 bridgehead atoms. The van der Waals surface area contributed by atoms with Crippen LogP contribution in [0.4, 0.5) is 17.6 Å². The molecule has 1 aliphatic carbocycles. The average molecular weight is 562 g/mol. The molecule has 12 heteroatoms. The molecule has 0 aromatic heterocycles. The lowest BCUT2D eigenvalue weighted by molar-refractivity contribution is -0.136. The Morgan fingerprint density at radius 3 is 2.58 bits per heavy atom. The number of carbonyl (C=O) groups is 2. The van der Waals surface area contributed by atoms with Gasteiger partial charge in [0.15, 0.2) is 0 Å². The zero-order chi connectivity index (χ0) is 29.7. The first kappa shape index (κ1) is 30.2. The first-order valence-corrected chi connectivity index (χ1v) is 12.3. The van der Waals surface area contributed by atoms with Gasteiger partial charge in [-0.15, -0.1) is 0 Å². The van der Waals surface area contributed by atoms with E-state index in [4.69, 9.17) is 10.5 Å². The fraction of sp³-hybridized carbons (Fsp3) is 0.321. The summed E-state index contributed by atoms with van der Waals surface area (Å²) in [6.07, 6.45) is 5.42. The number of nitrogens with two attached hydrogens (primary N) is 1. The van der Waals surface area contributed by atoms with Gasteiger partial charge in [-0.25, -0.2) is 4.39 Å². The number of rotatable bonds is 8. The van der Waals surface area contributed by atoms with Gasteiger partial charge < -0.3 is 26.4 Å². The van der Waals surface area contributed by atoms with E-state index in [-0.39, 0.29) is 40.3 Å². The summed E-state index contributed by atoms with van der Waals surface area (Å²) < 4.78 is 58.5. The van der Waals surface area contributed by atoms with Crippen molar-refractivity contribution in [1.82, 2.24) is 16.0 Å². The largest absolute Gasteiger partial charge is 0.457 e. The minimum atomic E-state index is -4.54. The van der Waals surface area contributed by atoms with Gasteiger partial charge in [-0.3, -0.25) is 14.6 Å². The predicted octanol–water partition coefficient (Wildman–Crippen LogP) is 3.76. The second-order valence-corrected chi connectivity index (χ2v) is 10.1. The van der Waals surface area contributed by atoms with E-state index in [9.17, 15) is 22.8 Å². The van der Waals surface area contributed by atoms with Gasteiger partial charge in [0.05, 0.1) is 23.7 Å². The van der Waals surface area contributed by atoms with Crippen molar-refractivity contribution in [2.75, 3.05) is 6.54 Å². The Bertz CT molecular complexity index is 1350. The highest BCUT2D eigenvalue weighted by Gasteiger charge is 2.29. The first-order valence-electron chi connectivity index (χ1n) is 12.3. The van der Waals surface area contributed by atoms with Crippen LogP contribution < -0.4 is 26.4 Å². The lowest BCUT2D eigenvalue weighted by Crippen LogP contribution is -2.36. The lowest BCUT2D eigenvalue weighted by atomic mass is 9.94. The molecule has 2 amide bonds. The number of halogens is 4. The van der Waals surface area contributed by atoms with Crippen LogP contribution in [0.3, 0.4) is 0 Å². The number of benzene rings is 1. The molecule has 0 saturated heterocycles. The van der Waals surface area contributed by atoms with Crippen molar-refractivity contribution < 1.29 is 31.9 Å². The van der Waals surface area contributed by atoms with E-state index < -0.39 is 36.4 Å². The van der Waals surface area contributed by atoms with Gasteiger partial charge in [-0.1, -0.05) is 12.2 Å². The van der Waals surface area contributed by atoms with Gasteiger partial charge in [0.2, 0.25) is 5.91 Å². The number of aryl methyl sites for hydroxylation is 1. The number of nitrogens with zero attached hydrogens (tertiary/aromatic N) is 1. The Balaban J connectivity index is 1.77. The van der Waals surface area contributed by atoms with Gasteiger partial charge in [0.25, 0.3) is 5.91 Å². The van der Waals surface area contributed by atoms with Crippen molar-refractivity contribution in [3.05, 3.63) is 88.4 Å². The smallest absolute Gasteiger partial charge is 0.405 e. The highest BCUT2D eigenvalue weighted by Crippen LogP contribution is 2.30. The SMILES string of the molecule is Cc1cc(CC(=O)N/C(C=NC(C)(C)C)=C/N)c(F)cc1OC1=C2C=C(C(=O)NCC(F)(F)F)C=CC2NC=C1. The summed E-state index contributed by atoms with van der Waals surface area (Å²) in [4.78, 5) is 29.0. The minimum absolute atomic E-state index is 0.0106. The van der Waals surface area contributed by atoms with Crippen LogP contribution in [0.5, 0.6) is 5.75 Å². The van der Waals surface area contributed by atoms with Gasteiger partial charge in [-0.05, 0) is 57.0 Å². The molecule has 1 heterocycles. The number of fused-ring (bicyclic) bond motifs is 1. The molecule has 1 unspecified atom stereocenters. The fourth-order valence-electron chi connectivity index (χ4n) is 3.66. The summed E-state index contributed by atoms with van der Waals surface area (Å²) in [5, 5.41) is 7.47. The lowest BCUT2D eigenvalue weighted by Gasteiger charge is -2.26. The second kappa shape index (κ2) is 12.2. The van der Waals surface area contributed by atoms with E-state index >= 15 is 4.39 Å². The van der Waals surface area contributed by atoms with Crippen molar-refractivity contribution in [1.29, 1.82) is 0 Å². The van der Waals surface area contributed by atoms with Crippen LogP contribution >= 0.6 is 0 Å². The average Bonchev–Trinajstić information content (AvgIpc) is 2.87. The minimum Gasteiger partial charge on any atom is -0.457 e. The molecule has 0 saturated carbocycles. The van der Waals surface area contributed by atoms with E-state index in [1.54, 1.807) is 25.3 Å². The molecule has 5 N–H and O–H groups in total. The number of carbonyl (C=O) groups excluding carboxylic acids is 2. The molecule has 3 rings (SSSR count). The quantitative estimate of drug-likeness (QED) is 0.285. The van der Waals surface area contributed by atoms with Crippen LogP contribution in [0.25, 0.3) is 0 Å². The topological polar surface area (TPSA) is 118 Å². The molecule has 2 aliphatic rings. The van der Waals surface area contributed by atoms with E-state index in [1.807, 2.05) is 26.1 Å². The molecule has 1 aliphatic heterocycles. The standard InChI is InChI=1S/C28H31F4N5O3/c1-16-9-18(11-25(38)37-19(13-33)14-36-27(2,3)4)21(29)12-24(16)40-23-7-8-34-22-6-5-17(10-20(22)23)26(39)35-15-28(30,31)32/h5-10,12-14,22,34H,11,15,33H2,1-4H3,(H,35,39)(H,37,38)/b19-13+,36-14?. The maximum Gasteiger partial charge on any atom is 0.405 e. The molecule has 0 fully saturated rings. The van der Waals surface area contributed by atoms with Crippen molar-refractivity contribution in [2.24, 2.45) is 10.7 Å². The van der Waals surface area contributed by atoms with Gasteiger partial charge in [0, 0.05) is 35.8 Å². The molecule has 1 aromatic carbocycles. The van der Waals surface area contributed by atoms with Crippen LogP contribution in [0.2, 0.25) is 0 Å². The van der Waals surface area contributed by atoms with Crippen LogP contribution in [0, 0.1) is 12.7 Å². The number of aliphatic imine (C=N–C) groups is 1. The van der Waals surface area contributed by atoms with Crippen LogP contribution in [0.15, 0.2) is 76.4 Å². The normalized spacial score (nSPS) is 17.4. The van der Waals surface area contributed by atoms with Crippen LogP contribution in [-0.2, 0) is 16.0 Å².